The van der Waals surface area contributed by atoms with Crippen LogP contribution in [0.25, 0.3) is 6.08 Å². The summed E-state index contributed by atoms with van der Waals surface area (Å²) in [6.45, 7) is 3.94. The smallest absolute Gasteiger partial charge is 0.282 e. The van der Waals surface area contributed by atoms with E-state index in [0.717, 1.165) is 11.1 Å². The molecule has 0 bridgehead atoms. The lowest BCUT2D eigenvalue weighted by molar-refractivity contribution is -0.117. The molecule has 0 atom stereocenters. The normalized spacial score (nSPS) is 15.7. The average molecular weight is 357 g/mol. The van der Waals surface area contributed by atoms with Gasteiger partial charge in [-0.05, 0) is 61.4 Å². The van der Waals surface area contributed by atoms with Crippen molar-refractivity contribution in [1.82, 2.24) is 5.43 Å². The molecule has 6 heteroatoms. The molecule has 1 N–H and O–H groups in total. The molecule has 0 radical (unpaired) electrons. The minimum atomic E-state index is -0.467. The van der Waals surface area contributed by atoms with Gasteiger partial charge >= 0.3 is 0 Å². The maximum absolute atomic E-state index is 12.7. The number of hydrogen-bond acceptors (Lipinski definition) is 3. The summed E-state index contributed by atoms with van der Waals surface area (Å²) in [5.41, 5.74) is 5.95. The van der Waals surface area contributed by atoms with Gasteiger partial charge in [-0.3, -0.25) is 15.0 Å². The van der Waals surface area contributed by atoms with Gasteiger partial charge < -0.3 is 4.74 Å². The van der Waals surface area contributed by atoms with E-state index >= 15 is 0 Å². The maximum atomic E-state index is 12.7. The lowest BCUT2D eigenvalue weighted by Crippen LogP contribution is -2.35. The Morgan fingerprint density at radius 2 is 1.84 bits per heavy atom. The number of carbonyl (C=O) groups is 2. The predicted octanol–water partition coefficient (Wildman–Crippen LogP) is 3.43. The number of benzene rings is 2. The molecule has 2 aromatic carbocycles. The monoisotopic (exact) mass is 356 g/mol. The number of ether oxygens (including phenoxy) is 1. The van der Waals surface area contributed by atoms with E-state index in [0.29, 0.717) is 22.0 Å². The fourth-order valence-corrected chi connectivity index (χ4v) is 2.76. The fourth-order valence-electron chi connectivity index (χ4n) is 2.58. The third-order valence-corrected chi connectivity index (χ3v) is 4.37. The largest absolute Gasteiger partial charge is 0.496 e. The molecule has 1 fully saturated rings. The molecule has 0 aliphatic carbocycles. The molecular formula is C19H17ClN2O3. The molecule has 0 saturated carbocycles. The summed E-state index contributed by atoms with van der Waals surface area (Å²) < 4.78 is 5.26. The second-order valence-corrected chi connectivity index (χ2v) is 6.23. The summed E-state index contributed by atoms with van der Waals surface area (Å²) in [4.78, 5) is 25.0. The second-order valence-electron chi connectivity index (χ2n) is 5.79. The number of rotatable bonds is 3. The first kappa shape index (κ1) is 17.0. The molecule has 5 nitrogen and oxygen atoms in total. The van der Waals surface area contributed by atoms with Gasteiger partial charge in [-0.1, -0.05) is 17.7 Å². The summed E-state index contributed by atoms with van der Waals surface area (Å²) >= 11 is 6.01. The predicted molar refractivity (Wildman–Crippen MR) is 97.5 cm³/mol. The van der Waals surface area contributed by atoms with Gasteiger partial charge in [-0.25, -0.2) is 5.01 Å². The first-order valence-electron chi connectivity index (χ1n) is 7.68. The van der Waals surface area contributed by atoms with Crippen LogP contribution < -0.4 is 15.2 Å². The van der Waals surface area contributed by atoms with Crippen molar-refractivity contribution in [3.63, 3.8) is 0 Å². The minimum absolute atomic E-state index is 0.0267. The quantitative estimate of drug-likeness (QED) is 0.677. The number of carbonyl (C=O) groups excluding carboxylic acids is 2. The minimum Gasteiger partial charge on any atom is -0.496 e. The number of hydrazine groups is 1. The number of aryl methyl sites for hydroxylation is 2. The molecule has 1 aliphatic rings. The van der Waals surface area contributed by atoms with Crippen LogP contribution in [0, 0.1) is 13.8 Å². The highest BCUT2D eigenvalue weighted by Gasteiger charge is 2.34. The molecule has 0 spiro atoms. The van der Waals surface area contributed by atoms with Gasteiger partial charge in [0.2, 0.25) is 0 Å². The van der Waals surface area contributed by atoms with Gasteiger partial charge in [0.15, 0.2) is 0 Å². The maximum Gasteiger partial charge on any atom is 0.282 e. The van der Waals surface area contributed by atoms with Crippen LogP contribution in [-0.2, 0) is 9.59 Å². The third-order valence-electron chi connectivity index (χ3n) is 4.13. The number of halogens is 1. The molecule has 0 aromatic heterocycles. The van der Waals surface area contributed by atoms with Crippen molar-refractivity contribution in [2.24, 2.45) is 0 Å². The summed E-state index contributed by atoms with van der Waals surface area (Å²) in [6.07, 6.45) is 1.49. The Bertz CT molecular complexity index is 906. The molecule has 1 heterocycles. The van der Waals surface area contributed by atoms with Gasteiger partial charge in [0.05, 0.1) is 12.8 Å². The Balaban J connectivity index is 1.99. The number of anilines is 1. The van der Waals surface area contributed by atoms with Crippen molar-refractivity contribution in [1.29, 1.82) is 0 Å². The van der Waals surface area contributed by atoms with Gasteiger partial charge in [0, 0.05) is 10.6 Å². The number of hydrogen-bond donors (Lipinski definition) is 1. The van der Waals surface area contributed by atoms with Crippen LogP contribution in [0.1, 0.15) is 16.7 Å². The molecule has 128 valence electrons. The molecule has 1 saturated heterocycles. The number of amides is 2. The Labute approximate surface area is 150 Å². The zero-order valence-corrected chi connectivity index (χ0v) is 14.8. The standard InChI is InChI=1S/C19H17ClN2O3/c1-11-4-6-15(8-12(11)2)22-19(24)16(18(23)21-22)10-13-9-14(20)5-7-17(13)25-3/h4-10H,1-3H3,(H,21,23). The lowest BCUT2D eigenvalue weighted by atomic mass is 10.1. The average Bonchev–Trinajstić information content (AvgIpc) is 2.86. The van der Waals surface area contributed by atoms with E-state index in [1.807, 2.05) is 26.0 Å². The van der Waals surface area contributed by atoms with Gasteiger partial charge in [0.1, 0.15) is 11.3 Å². The van der Waals surface area contributed by atoms with Crippen molar-refractivity contribution in [3.05, 3.63) is 63.7 Å². The Kier molecular flexibility index (Phi) is 4.51. The van der Waals surface area contributed by atoms with Crippen molar-refractivity contribution >= 4 is 35.2 Å². The number of methoxy groups -OCH3 is 1. The molecule has 2 aromatic rings. The van der Waals surface area contributed by atoms with Gasteiger partial charge in [0.25, 0.3) is 11.8 Å². The van der Waals surface area contributed by atoms with E-state index in [4.69, 9.17) is 16.3 Å². The van der Waals surface area contributed by atoms with E-state index in [9.17, 15) is 9.59 Å². The van der Waals surface area contributed by atoms with Gasteiger partial charge in [-0.15, -0.1) is 0 Å². The van der Waals surface area contributed by atoms with Crippen LogP contribution in [0.3, 0.4) is 0 Å². The van der Waals surface area contributed by atoms with Crippen molar-refractivity contribution < 1.29 is 14.3 Å². The van der Waals surface area contributed by atoms with E-state index < -0.39 is 11.8 Å². The summed E-state index contributed by atoms with van der Waals surface area (Å²) in [6, 6.07) is 10.6. The van der Waals surface area contributed by atoms with Crippen LogP contribution in [0.4, 0.5) is 5.69 Å². The summed E-state index contributed by atoms with van der Waals surface area (Å²) in [7, 11) is 1.52. The Morgan fingerprint density at radius 1 is 1.08 bits per heavy atom. The van der Waals surface area contributed by atoms with E-state index in [2.05, 4.69) is 5.43 Å². The zero-order valence-electron chi connectivity index (χ0n) is 14.1. The molecule has 25 heavy (non-hydrogen) atoms. The summed E-state index contributed by atoms with van der Waals surface area (Å²) in [5.74, 6) is -0.359. The van der Waals surface area contributed by atoms with Crippen LogP contribution in [0.5, 0.6) is 5.75 Å². The highest BCUT2D eigenvalue weighted by Crippen LogP contribution is 2.28. The first-order valence-corrected chi connectivity index (χ1v) is 8.06. The van der Waals surface area contributed by atoms with Gasteiger partial charge in [-0.2, -0.15) is 0 Å². The SMILES string of the molecule is COc1ccc(Cl)cc1C=C1C(=O)NN(c2ccc(C)c(C)c2)C1=O. The highest BCUT2D eigenvalue weighted by molar-refractivity contribution is 6.32. The second kappa shape index (κ2) is 6.61. The fraction of sp³-hybridized carbons (Fsp3) is 0.158. The van der Waals surface area contributed by atoms with Crippen LogP contribution >= 0.6 is 11.6 Å². The van der Waals surface area contributed by atoms with E-state index in [1.54, 1.807) is 24.3 Å². The molecule has 0 unspecified atom stereocenters. The number of nitrogens with one attached hydrogen (secondary N) is 1. The zero-order chi connectivity index (χ0) is 18.1. The van der Waals surface area contributed by atoms with Crippen molar-refractivity contribution in [2.75, 3.05) is 12.1 Å². The van der Waals surface area contributed by atoms with E-state index in [1.165, 1.54) is 18.2 Å². The third kappa shape index (κ3) is 3.23. The van der Waals surface area contributed by atoms with Crippen LogP contribution in [0.15, 0.2) is 42.0 Å². The first-order chi connectivity index (χ1) is 11.9. The molecule has 3 rings (SSSR count). The van der Waals surface area contributed by atoms with Crippen LogP contribution in [-0.4, -0.2) is 18.9 Å². The molecule has 1 aliphatic heterocycles. The van der Waals surface area contributed by atoms with Crippen molar-refractivity contribution in [2.45, 2.75) is 13.8 Å². The summed E-state index contributed by atoms with van der Waals surface area (Å²) in [5, 5.41) is 1.74. The molecular weight excluding hydrogens is 340 g/mol. The number of nitrogens with zero attached hydrogens (tertiary/aromatic N) is 1. The highest BCUT2D eigenvalue weighted by atomic mass is 35.5. The Morgan fingerprint density at radius 3 is 2.52 bits per heavy atom. The molecule has 2 amide bonds. The Hall–Kier alpha value is -2.79. The topological polar surface area (TPSA) is 58.6 Å². The van der Waals surface area contributed by atoms with Crippen molar-refractivity contribution in [3.8, 4) is 5.75 Å². The van der Waals surface area contributed by atoms with Crippen LogP contribution in [0.2, 0.25) is 5.02 Å². The lowest BCUT2D eigenvalue weighted by Gasteiger charge is -2.16. The van der Waals surface area contributed by atoms with E-state index in [-0.39, 0.29) is 5.57 Å².